The van der Waals surface area contributed by atoms with Crippen molar-refractivity contribution in [1.29, 1.82) is 0 Å². The van der Waals surface area contributed by atoms with E-state index in [0.717, 1.165) is 18.1 Å². The van der Waals surface area contributed by atoms with Crippen LogP contribution in [0.1, 0.15) is 28.8 Å². The molecule has 0 saturated carbocycles. The standard InChI is InChI=1S/C10H10O2/c1-8(6-11)10-4-2-3-9(5-10)7-12/h2-8H,1H3. The summed E-state index contributed by atoms with van der Waals surface area (Å²) in [5, 5.41) is 0. The Balaban J connectivity index is 3.00. The summed E-state index contributed by atoms with van der Waals surface area (Å²) in [5.41, 5.74) is 1.50. The monoisotopic (exact) mass is 162 g/mol. The van der Waals surface area contributed by atoms with Crippen LogP contribution in [0.5, 0.6) is 0 Å². The van der Waals surface area contributed by atoms with Gasteiger partial charge in [-0.05, 0) is 11.6 Å². The summed E-state index contributed by atoms with van der Waals surface area (Å²) in [6.45, 7) is 1.80. The predicted octanol–water partition coefficient (Wildman–Crippen LogP) is 1.80. The zero-order valence-electron chi connectivity index (χ0n) is 6.86. The van der Waals surface area contributed by atoms with E-state index in [1.165, 1.54) is 0 Å². The summed E-state index contributed by atoms with van der Waals surface area (Å²) in [5.74, 6) is -0.134. The lowest BCUT2D eigenvalue weighted by molar-refractivity contribution is -0.108. The largest absolute Gasteiger partial charge is 0.303 e. The molecule has 2 heteroatoms. The van der Waals surface area contributed by atoms with Crippen LogP contribution in [0.2, 0.25) is 0 Å². The smallest absolute Gasteiger partial charge is 0.150 e. The Labute approximate surface area is 71.2 Å². The van der Waals surface area contributed by atoms with Crippen LogP contribution < -0.4 is 0 Å². The number of carbonyl (C=O) groups is 2. The first kappa shape index (κ1) is 8.65. The molecule has 0 heterocycles. The molecule has 12 heavy (non-hydrogen) atoms. The van der Waals surface area contributed by atoms with Crippen LogP contribution in [0.4, 0.5) is 0 Å². The average Bonchev–Trinajstić information content (AvgIpc) is 2.17. The van der Waals surface area contributed by atoms with Crippen LogP contribution >= 0.6 is 0 Å². The third-order valence-electron chi connectivity index (χ3n) is 1.78. The summed E-state index contributed by atoms with van der Waals surface area (Å²) in [7, 11) is 0. The molecule has 0 amide bonds. The molecular weight excluding hydrogens is 152 g/mol. The Hall–Kier alpha value is -1.44. The molecule has 1 atom stereocenters. The van der Waals surface area contributed by atoms with Crippen LogP contribution in [0.25, 0.3) is 0 Å². The molecule has 62 valence electrons. The van der Waals surface area contributed by atoms with Gasteiger partial charge in [0.2, 0.25) is 0 Å². The Kier molecular flexibility index (Phi) is 2.75. The summed E-state index contributed by atoms with van der Waals surface area (Å²) in [6.07, 6.45) is 1.64. The van der Waals surface area contributed by atoms with Crippen LogP contribution in [-0.2, 0) is 4.79 Å². The van der Waals surface area contributed by atoms with Crippen molar-refractivity contribution in [3.8, 4) is 0 Å². The van der Waals surface area contributed by atoms with Gasteiger partial charge in [-0.25, -0.2) is 0 Å². The fraction of sp³-hybridized carbons (Fsp3) is 0.200. The zero-order valence-corrected chi connectivity index (χ0v) is 6.86. The molecule has 2 nitrogen and oxygen atoms in total. The van der Waals surface area contributed by atoms with E-state index in [1.807, 2.05) is 6.07 Å². The minimum absolute atomic E-state index is 0.134. The third-order valence-corrected chi connectivity index (χ3v) is 1.78. The fourth-order valence-electron chi connectivity index (χ4n) is 0.994. The van der Waals surface area contributed by atoms with E-state index >= 15 is 0 Å². The van der Waals surface area contributed by atoms with E-state index in [-0.39, 0.29) is 5.92 Å². The van der Waals surface area contributed by atoms with E-state index in [4.69, 9.17) is 0 Å². The zero-order chi connectivity index (χ0) is 8.97. The highest BCUT2D eigenvalue weighted by Gasteiger charge is 2.02. The van der Waals surface area contributed by atoms with Gasteiger partial charge < -0.3 is 4.79 Å². The van der Waals surface area contributed by atoms with Gasteiger partial charge in [-0.3, -0.25) is 4.79 Å². The molecule has 1 unspecified atom stereocenters. The number of aldehydes is 2. The maximum atomic E-state index is 10.4. The Morgan fingerprint density at radius 3 is 2.67 bits per heavy atom. The van der Waals surface area contributed by atoms with Crippen LogP contribution in [-0.4, -0.2) is 12.6 Å². The quantitative estimate of drug-likeness (QED) is 0.635. The highest BCUT2D eigenvalue weighted by atomic mass is 16.1. The van der Waals surface area contributed by atoms with Crippen molar-refractivity contribution in [3.05, 3.63) is 35.4 Å². The highest BCUT2D eigenvalue weighted by molar-refractivity contribution is 5.75. The molecule has 1 rings (SSSR count). The second-order valence-corrected chi connectivity index (χ2v) is 2.71. The van der Waals surface area contributed by atoms with Gasteiger partial charge in [0, 0.05) is 11.5 Å². The second kappa shape index (κ2) is 3.81. The maximum absolute atomic E-state index is 10.4. The lowest BCUT2D eigenvalue weighted by Gasteiger charge is -2.02. The molecule has 0 radical (unpaired) electrons. The van der Waals surface area contributed by atoms with Crippen LogP contribution in [0.3, 0.4) is 0 Å². The fourth-order valence-corrected chi connectivity index (χ4v) is 0.994. The predicted molar refractivity (Wildman–Crippen MR) is 46.3 cm³/mol. The van der Waals surface area contributed by atoms with Gasteiger partial charge in [-0.1, -0.05) is 25.1 Å². The van der Waals surface area contributed by atoms with Crippen molar-refractivity contribution in [2.45, 2.75) is 12.8 Å². The number of hydrogen-bond donors (Lipinski definition) is 0. The van der Waals surface area contributed by atoms with Crippen molar-refractivity contribution in [1.82, 2.24) is 0 Å². The molecule has 0 saturated heterocycles. The van der Waals surface area contributed by atoms with Gasteiger partial charge in [0.15, 0.2) is 0 Å². The number of rotatable bonds is 3. The van der Waals surface area contributed by atoms with Crippen molar-refractivity contribution in [3.63, 3.8) is 0 Å². The minimum Gasteiger partial charge on any atom is -0.303 e. The molecular formula is C10H10O2. The summed E-state index contributed by atoms with van der Waals surface area (Å²) >= 11 is 0. The molecule has 1 aromatic rings. The lowest BCUT2D eigenvalue weighted by Crippen LogP contribution is -1.94. The Morgan fingerprint density at radius 1 is 1.33 bits per heavy atom. The van der Waals surface area contributed by atoms with E-state index in [9.17, 15) is 9.59 Å². The molecule has 0 N–H and O–H groups in total. The summed E-state index contributed by atoms with van der Waals surface area (Å²) in [6, 6.07) is 7.06. The molecule has 0 aliphatic heterocycles. The van der Waals surface area contributed by atoms with E-state index < -0.39 is 0 Å². The van der Waals surface area contributed by atoms with Gasteiger partial charge in [-0.15, -0.1) is 0 Å². The van der Waals surface area contributed by atoms with Gasteiger partial charge in [0.1, 0.15) is 12.6 Å². The summed E-state index contributed by atoms with van der Waals surface area (Å²) in [4.78, 5) is 20.8. The van der Waals surface area contributed by atoms with E-state index in [0.29, 0.717) is 5.56 Å². The van der Waals surface area contributed by atoms with Crippen molar-refractivity contribution in [2.24, 2.45) is 0 Å². The van der Waals surface area contributed by atoms with Crippen molar-refractivity contribution >= 4 is 12.6 Å². The van der Waals surface area contributed by atoms with Crippen LogP contribution in [0.15, 0.2) is 24.3 Å². The van der Waals surface area contributed by atoms with Gasteiger partial charge >= 0.3 is 0 Å². The van der Waals surface area contributed by atoms with Crippen molar-refractivity contribution in [2.75, 3.05) is 0 Å². The molecule has 0 fully saturated rings. The first-order valence-corrected chi connectivity index (χ1v) is 3.78. The minimum atomic E-state index is -0.134. The molecule has 0 aliphatic carbocycles. The number of carbonyl (C=O) groups excluding carboxylic acids is 2. The third kappa shape index (κ3) is 1.78. The highest BCUT2D eigenvalue weighted by Crippen LogP contribution is 2.13. The SMILES string of the molecule is CC(C=O)c1cccc(C=O)c1. The second-order valence-electron chi connectivity index (χ2n) is 2.71. The van der Waals surface area contributed by atoms with Crippen molar-refractivity contribution < 1.29 is 9.59 Å². The van der Waals surface area contributed by atoms with Crippen LogP contribution in [0, 0.1) is 0 Å². The molecule has 0 spiro atoms. The Morgan fingerprint density at radius 2 is 2.08 bits per heavy atom. The molecule has 0 aromatic heterocycles. The lowest BCUT2D eigenvalue weighted by atomic mass is 10.0. The number of benzene rings is 1. The van der Waals surface area contributed by atoms with Gasteiger partial charge in [0.25, 0.3) is 0 Å². The topological polar surface area (TPSA) is 34.1 Å². The van der Waals surface area contributed by atoms with Gasteiger partial charge in [-0.2, -0.15) is 0 Å². The van der Waals surface area contributed by atoms with E-state index in [1.54, 1.807) is 25.1 Å². The average molecular weight is 162 g/mol. The first-order chi connectivity index (χ1) is 5.77. The Bertz CT molecular complexity index is 292. The molecule has 0 aliphatic rings. The first-order valence-electron chi connectivity index (χ1n) is 3.78. The molecule has 0 bridgehead atoms. The number of hydrogen-bond acceptors (Lipinski definition) is 2. The molecule has 1 aromatic carbocycles. The van der Waals surface area contributed by atoms with Gasteiger partial charge in [0.05, 0.1) is 0 Å². The summed E-state index contributed by atoms with van der Waals surface area (Å²) < 4.78 is 0. The van der Waals surface area contributed by atoms with E-state index in [2.05, 4.69) is 0 Å². The normalized spacial score (nSPS) is 12.1. The maximum Gasteiger partial charge on any atom is 0.150 e.